The second-order valence-electron chi connectivity index (χ2n) is 4.60. The number of alkyl halides is 3. The Labute approximate surface area is 103 Å². The zero-order chi connectivity index (χ0) is 13.2. The summed E-state index contributed by atoms with van der Waals surface area (Å²) in [5.41, 5.74) is -0.404. The van der Waals surface area contributed by atoms with E-state index in [2.05, 4.69) is 0 Å². The standard InChI is InChI=1S/C13H15F3O2/c14-13(15,16)11-3-1-2-10(7-11)12(17)6-9-4-5-18-8-9/h1-3,7,9,12,17H,4-6,8H2. The Morgan fingerprint density at radius 1 is 1.39 bits per heavy atom. The first-order chi connectivity index (χ1) is 8.47. The maximum absolute atomic E-state index is 12.5. The summed E-state index contributed by atoms with van der Waals surface area (Å²) in [6.45, 7) is 1.25. The molecule has 1 aliphatic heterocycles. The van der Waals surface area contributed by atoms with Crippen molar-refractivity contribution >= 4 is 0 Å². The van der Waals surface area contributed by atoms with Gasteiger partial charge in [0.25, 0.3) is 0 Å². The fourth-order valence-corrected chi connectivity index (χ4v) is 2.14. The van der Waals surface area contributed by atoms with Gasteiger partial charge in [0.05, 0.1) is 11.7 Å². The maximum atomic E-state index is 12.5. The van der Waals surface area contributed by atoms with E-state index in [0.717, 1.165) is 18.6 Å². The zero-order valence-electron chi connectivity index (χ0n) is 9.78. The van der Waals surface area contributed by atoms with Crippen LogP contribution in [-0.2, 0) is 10.9 Å². The van der Waals surface area contributed by atoms with Crippen LogP contribution in [0.15, 0.2) is 24.3 Å². The Kier molecular flexibility index (Phi) is 3.92. The fourth-order valence-electron chi connectivity index (χ4n) is 2.14. The maximum Gasteiger partial charge on any atom is 0.416 e. The van der Waals surface area contributed by atoms with Crippen molar-refractivity contribution in [3.05, 3.63) is 35.4 Å². The third-order valence-corrected chi connectivity index (χ3v) is 3.18. The topological polar surface area (TPSA) is 29.5 Å². The molecular weight excluding hydrogens is 245 g/mol. The Morgan fingerprint density at radius 3 is 2.78 bits per heavy atom. The molecule has 100 valence electrons. The molecule has 1 aromatic carbocycles. The van der Waals surface area contributed by atoms with Crippen LogP contribution in [0.1, 0.15) is 30.1 Å². The van der Waals surface area contributed by atoms with Gasteiger partial charge >= 0.3 is 6.18 Å². The van der Waals surface area contributed by atoms with Crippen LogP contribution < -0.4 is 0 Å². The molecule has 0 spiro atoms. The summed E-state index contributed by atoms with van der Waals surface area (Å²) in [5.74, 6) is 0.231. The quantitative estimate of drug-likeness (QED) is 0.904. The average molecular weight is 260 g/mol. The molecule has 0 bridgehead atoms. The third-order valence-electron chi connectivity index (χ3n) is 3.18. The molecule has 1 aliphatic rings. The second-order valence-corrected chi connectivity index (χ2v) is 4.60. The zero-order valence-corrected chi connectivity index (χ0v) is 9.78. The van der Waals surface area contributed by atoms with Crippen LogP contribution in [0.5, 0.6) is 0 Å². The molecule has 2 nitrogen and oxygen atoms in total. The van der Waals surface area contributed by atoms with Crippen LogP contribution in [0.3, 0.4) is 0 Å². The Balaban J connectivity index is 2.07. The van der Waals surface area contributed by atoms with Crippen molar-refractivity contribution in [2.45, 2.75) is 25.1 Å². The van der Waals surface area contributed by atoms with Crippen LogP contribution in [0, 0.1) is 5.92 Å². The van der Waals surface area contributed by atoms with Crippen molar-refractivity contribution < 1.29 is 23.0 Å². The van der Waals surface area contributed by atoms with Crippen LogP contribution in [-0.4, -0.2) is 18.3 Å². The molecule has 1 fully saturated rings. The van der Waals surface area contributed by atoms with Crippen LogP contribution in [0.2, 0.25) is 0 Å². The summed E-state index contributed by atoms with van der Waals surface area (Å²) in [6.07, 6.45) is -3.93. The molecule has 0 amide bonds. The number of benzene rings is 1. The molecule has 0 aliphatic carbocycles. The monoisotopic (exact) mass is 260 g/mol. The molecule has 1 N–H and O–H groups in total. The smallest absolute Gasteiger partial charge is 0.388 e. The van der Waals surface area contributed by atoms with Crippen molar-refractivity contribution in [3.8, 4) is 0 Å². The molecule has 0 radical (unpaired) electrons. The summed E-state index contributed by atoms with van der Waals surface area (Å²) < 4.78 is 42.8. The van der Waals surface area contributed by atoms with Gasteiger partial charge in [-0.25, -0.2) is 0 Å². The van der Waals surface area contributed by atoms with Crippen molar-refractivity contribution in [1.82, 2.24) is 0 Å². The highest BCUT2D eigenvalue weighted by molar-refractivity contribution is 5.27. The molecular formula is C13H15F3O2. The lowest BCUT2D eigenvalue weighted by atomic mass is 9.95. The highest BCUT2D eigenvalue weighted by Crippen LogP contribution is 2.32. The molecule has 5 heteroatoms. The minimum atomic E-state index is -4.37. The molecule has 2 rings (SSSR count). The first-order valence-corrected chi connectivity index (χ1v) is 5.90. The highest BCUT2D eigenvalue weighted by atomic mass is 19.4. The summed E-state index contributed by atoms with van der Waals surface area (Å²) in [5, 5.41) is 9.95. The molecule has 0 saturated carbocycles. The lowest BCUT2D eigenvalue weighted by Crippen LogP contribution is -2.10. The highest BCUT2D eigenvalue weighted by Gasteiger charge is 2.31. The number of aliphatic hydroxyl groups excluding tert-OH is 1. The van der Waals surface area contributed by atoms with Gasteiger partial charge in [0.15, 0.2) is 0 Å². The Morgan fingerprint density at radius 2 is 2.17 bits per heavy atom. The fraction of sp³-hybridized carbons (Fsp3) is 0.538. The number of hydrogen-bond donors (Lipinski definition) is 1. The average Bonchev–Trinajstić information content (AvgIpc) is 2.81. The van der Waals surface area contributed by atoms with Gasteiger partial charge in [-0.3, -0.25) is 0 Å². The number of rotatable bonds is 3. The van der Waals surface area contributed by atoms with E-state index in [0.29, 0.717) is 25.2 Å². The van der Waals surface area contributed by atoms with Crippen LogP contribution in [0.4, 0.5) is 13.2 Å². The van der Waals surface area contributed by atoms with Gasteiger partial charge in [-0.05, 0) is 36.5 Å². The van der Waals surface area contributed by atoms with Crippen molar-refractivity contribution in [2.75, 3.05) is 13.2 Å². The lowest BCUT2D eigenvalue weighted by molar-refractivity contribution is -0.137. The Bertz CT molecular complexity index is 397. The largest absolute Gasteiger partial charge is 0.416 e. The number of aliphatic hydroxyl groups is 1. The molecule has 1 heterocycles. The van der Waals surface area contributed by atoms with E-state index in [1.54, 1.807) is 0 Å². The second kappa shape index (κ2) is 5.28. The predicted molar refractivity (Wildman–Crippen MR) is 59.9 cm³/mol. The number of halogens is 3. The van der Waals surface area contributed by atoms with E-state index in [-0.39, 0.29) is 5.92 Å². The van der Waals surface area contributed by atoms with Gasteiger partial charge in [0.1, 0.15) is 0 Å². The van der Waals surface area contributed by atoms with Gasteiger partial charge < -0.3 is 9.84 Å². The van der Waals surface area contributed by atoms with E-state index in [1.165, 1.54) is 12.1 Å². The van der Waals surface area contributed by atoms with Crippen molar-refractivity contribution in [2.24, 2.45) is 5.92 Å². The molecule has 2 unspecified atom stereocenters. The SMILES string of the molecule is OC(CC1CCOC1)c1cccc(C(F)(F)F)c1. The number of ether oxygens (including phenoxy) is 1. The normalized spacial score (nSPS) is 22.1. The molecule has 1 aromatic rings. The predicted octanol–water partition coefficient (Wildman–Crippen LogP) is 3.17. The van der Waals surface area contributed by atoms with Crippen molar-refractivity contribution in [1.29, 1.82) is 0 Å². The van der Waals surface area contributed by atoms with Crippen molar-refractivity contribution in [3.63, 3.8) is 0 Å². The van der Waals surface area contributed by atoms with Gasteiger partial charge in [0, 0.05) is 13.2 Å². The first-order valence-electron chi connectivity index (χ1n) is 5.90. The van der Waals surface area contributed by atoms with Gasteiger partial charge in [-0.15, -0.1) is 0 Å². The van der Waals surface area contributed by atoms with E-state index in [1.807, 2.05) is 0 Å². The summed E-state index contributed by atoms with van der Waals surface area (Å²) in [7, 11) is 0. The minimum Gasteiger partial charge on any atom is -0.388 e. The van der Waals surface area contributed by atoms with E-state index >= 15 is 0 Å². The molecule has 18 heavy (non-hydrogen) atoms. The minimum absolute atomic E-state index is 0.231. The third kappa shape index (κ3) is 3.23. The summed E-state index contributed by atoms with van der Waals surface area (Å²) >= 11 is 0. The molecule has 1 saturated heterocycles. The van der Waals surface area contributed by atoms with Gasteiger partial charge in [0.2, 0.25) is 0 Å². The summed E-state index contributed by atoms with van der Waals surface area (Å²) in [6, 6.07) is 4.87. The Hall–Kier alpha value is -1.07. The van der Waals surface area contributed by atoms with E-state index < -0.39 is 17.8 Å². The lowest BCUT2D eigenvalue weighted by Gasteiger charge is -2.16. The van der Waals surface area contributed by atoms with E-state index in [4.69, 9.17) is 4.74 Å². The first kappa shape index (κ1) is 13.4. The number of hydrogen-bond acceptors (Lipinski definition) is 2. The van der Waals surface area contributed by atoms with E-state index in [9.17, 15) is 18.3 Å². The van der Waals surface area contributed by atoms with Crippen LogP contribution in [0.25, 0.3) is 0 Å². The molecule has 2 atom stereocenters. The summed E-state index contributed by atoms with van der Waals surface area (Å²) in [4.78, 5) is 0. The molecule has 0 aromatic heterocycles. The van der Waals surface area contributed by atoms with Crippen LogP contribution >= 0.6 is 0 Å². The van der Waals surface area contributed by atoms with Gasteiger partial charge in [-0.2, -0.15) is 13.2 Å². The van der Waals surface area contributed by atoms with Gasteiger partial charge in [-0.1, -0.05) is 12.1 Å².